The maximum atomic E-state index is 5.49. The van der Waals surface area contributed by atoms with Gasteiger partial charge in [-0.3, -0.25) is 0 Å². The second-order valence-corrected chi connectivity index (χ2v) is 7.68. The smallest absolute Gasteiger partial charge is 0.231 e. The van der Waals surface area contributed by atoms with Crippen molar-refractivity contribution in [3.8, 4) is 28.3 Å². The molecule has 1 aliphatic rings. The predicted octanol–water partition coefficient (Wildman–Crippen LogP) is 4.90. The number of aromatic nitrogens is 1. The second-order valence-electron chi connectivity index (χ2n) is 6.74. The third-order valence-electron chi connectivity index (χ3n) is 5.12. The number of fused-ring (bicyclic) bond motifs is 1. The van der Waals surface area contributed by atoms with E-state index in [1.807, 2.05) is 17.4 Å². The average Bonchev–Trinajstić information content (AvgIpc) is 3.11. The van der Waals surface area contributed by atoms with Gasteiger partial charge in [0, 0.05) is 18.1 Å². The van der Waals surface area contributed by atoms with Crippen LogP contribution in [0.2, 0.25) is 0 Å². The molecule has 1 heterocycles. The van der Waals surface area contributed by atoms with Gasteiger partial charge in [0.05, 0.1) is 24.7 Å². The van der Waals surface area contributed by atoms with Crippen molar-refractivity contribution >= 4 is 11.3 Å². The molecule has 0 spiro atoms. The maximum absolute atomic E-state index is 5.49. The van der Waals surface area contributed by atoms with Gasteiger partial charge in [0.25, 0.3) is 0 Å². The number of methoxy groups -OCH3 is 2. The van der Waals surface area contributed by atoms with Crippen LogP contribution in [0, 0.1) is 6.92 Å². The van der Waals surface area contributed by atoms with E-state index in [2.05, 4.69) is 47.3 Å². The van der Waals surface area contributed by atoms with Gasteiger partial charge in [-0.25, -0.2) is 0 Å². The normalized spacial score (nSPS) is 13.3. The first-order chi connectivity index (χ1) is 12.7. The number of ether oxygens (including phenoxy) is 2. The van der Waals surface area contributed by atoms with E-state index < -0.39 is 0 Å². The van der Waals surface area contributed by atoms with E-state index in [1.165, 1.54) is 46.6 Å². The van der Waals surface area contributed by atoms with Crippen molar-refractivity contribution in [1.29, 1.82) is 0 Å². The monoisotopic (exact) mass is 366 g/mol. The van der Waals surface area contributed by atoms with Crippen LogP contribution in [-0.4, -0.2) is 14.2 Å². The largest absolute Gasteiger partial charge is 0.497 e. The minimum Gasteiger partial charge on any atom is -0.497 e. The molecule has 0 fully saturated rings. The molecule has 1 aromatic heterocycles. The van der Waals surface area contributed by atoms with Crippen molar-refractivity contribution in [2.75, 3.05) is 14.2 Å². The molecule has 4 rings (SSSR count). The summed E-state index contributed by atoms with van der Waals surface area (Å²) in [6.45, 7) is 2.19. The molecule has 134 valence electrons. The lowest BCUT2D eigenvalue weighted by Gasteiger charge is -2.13. The molecule has 3 aromatic rings. The van der Waals surface area contributed by atoms with Crippen LogP contribution in [0.25, 0.3) is 16.8 Å². The molecular formula is C22H24NO2S+. The molecule has 0 N–H and O–H groups in total. The molecular weight excluding hydrogens is 342 g/mol. The predicted molar refractivity (Wildman–Crippen MR) is 106 cm³/mol. The summed E-state index contributed by atoms with van der Waals surface area (Å²) in [6, 6.07) is 12.6. The van der Waals surface area contributed by atoms with Crippen molar-refractivity contribution in [3.05, 3.63) is 58.0 Å². The fourth-order valence-electron chi connectivity index (χ4n) is 3.79. The lowest BCUT2D eigenvalue weighted by Crippen LogP contribution is -2.35. The Balaban J connectivity index is 1.92. The van der Waals surface area contributed by atoms with Gasteiger partial charge in [-0.1, -0.05) is 23.5 Å². The van der Waals surface area contributed by atoms with Crippen molar-refractivity contribution in [3.63, 3.8) is 0 Å². The van der Waals surface area contributed by atoms with Crippen LogP contribution >= 0.6 is 11.3 Å². The fraction of sp³-hybridized carbons (Fsp3) is 0.318. The van der Waals surface area contributed by atoms with E-state index in [1.54, 1.807) is 14.2 Å². The van der Waals surface area contributed by atoms with Gasteiger partial charge < -0.3 is 9.47 Å². The summed E-state index contributed by atoms with van der Waals surface area (Å²) < 4.78 is 13.4. The number of nitrogens with zero attached hydrogens (tertiary/aromatic N) is 1. The number of rotatable bonds is 4. The molecule has 0 bridgehead atoms. The Hall–Kier alpha value is -2.33. The summed E-state index contributed by atoms with van der Waals surface area (Å²) >= 11 is 1.89. The SMILES string of the molecule is COc1cc(OC)cc(-c2cccc(C)c2-[n+]2csc3c2CCCC3)c1. The Bertz CT molecular complexity index is 923. The van der Waals surface area contributed by atoms with Crippen molar-refractivity contribution < 1.29 is 14.0 Å². The summed E-state index contributed by atoms with van der Waals surface area (Å²) in [5.74, 6) is 1.62. The third kappa shape index (κ3) is 2.99. The summed E-state index contributed by atoms with van der Waals surface area (Å²) in [7, 11) is 3.39. The number of thiazole rings is 1. The lowest BCUT2D eigenvalue weighted by molar-refractivity contribution is -0.599. The fourth-order valence-corrected chi connectivity index (χ4v) is 4.85. The Morgan fingerprint density at radius 1 is 0.962 bits per heavy atom. The summed E-state index contributed by atoms with van der Waals surface area (Å²) in [5.41, 5.74) is 8.62. The van der Waals surface area contributed by atoms with Crippen molar-refractivity contribution in [1.82, 2.24) is 0 Å². The Morgan fingerprint density at radius 3 is 2.42 bits per heavy atom. The number of benzene rings is 2. The first-order valence-electron chi connectivity index (χ1n) is 9.05. The van der Waals surface area contributed by atoms with Gasteiger partial charge >= 0.3 is 0 Å². The van der Waals surface area contributed by atoms with Crippen LogP contribution in [0.15, 0.2) is 41.9 Å². The highest BCUT2D eigenvalue weighted by molar-refractivity contribution is 7.09. The number of hydrogen-bond donors (Lipinski definition) is 0. The maximum Gasteiger partial charge on any atom is 0.231 e. The van der Waals surface area contributed by atoms with E-state index in [0.29, 0.717) is 0 Å². The summed E-state index contributed by atoms with van der Waals surface area (Å²) in [4.78, 5) is 1.54. The minimum absolute atomic E-state index is 0.809. The van der Waals surface area contributed by atoms with E-state index in [0.717, 1.165) is 23.5 Å². The molecule has 1 aliphatic carbocycles. The van der Waals surface area contributed by atoms with E-state index in [9.17, 15) is 0 Å². The number of para-hydroxylation sites is 1. The molecule has 2 aromatic carbocycles. The highest BCUT2D eigenvalue weighted by atomic mass is 32.1. The second kappa shape index (κ2) is 7.12. The van der Waals surface area contributed by atoms with Gasteiger partial charge in [0.15, 0.2) is 0 Å². The van der Waals surface area contributed by atoms with Crippen LogP contribution in [0.4, 0.5) is 0 Å². The Kier molecular flexibility index (Phi) is 4.68. The van der Waals surface area contributed by atoms with E-state index >= 15 is 0 Å². The molecule has 0 aliphatic heterocycles. The molecule has 0 saturated heterocycles. The standard InChI is InChI=1S/C22H24NO2S/c1-15-7-6-8-19(16-11-17(24-2)13-18(12-16)25-3)22(15)23-14-26-21-10-5-4-9-20(21)23/h6-8,11-14H,4-5,9-10H2,1-3H3/q+1. The molecule has 0 unspecified atom stereocenters. The molecule has 0 amide bonds. The topological polar surface area (TPSA) is 22.3 Å². The summed E-state index contributed by atoms with van der Waals surface area (Å²) in [5, 5.41) is 0. The molecule has 26 heavy (non-hydrogen) atoms. The first-order valence-corrected chi connectivity index (χ1v) is 9.93. The first kappa shape index (κ1) is 17.1. The quantitative estimate of drug-likeness (QED) is 0.613. The van der Waals surface area contributed by atoms with Gasteiger partial charge in [-0.15, -0.1) is 0 Å². The molecule has 0 atom stereocenters. The molecule has 3 nitrogen and oxygen atoms in total. The van der Waals surface area contributed by atoms with Crippen LogP contribution in [0.1, 0.15) is 29.0 Å². The minimum atomic E-state index is 0.809. The van der Waals surface area contributed by atoms with Crippen LogP contribution in [0.5, 0.6) is 11.5 Å². The van der Waals surface area contributed by atoms with Crippen molar-refractivity contribution in [2.45, 2.75) is 32.6 Å². The van der Waals surface area contributed by atoms with E-state index in [-0.39, 0.29) is 0 Å². The van der Waals surface area contributed by atoms with E-state index in [4.69, 9.17) is 9.47 Å². The zero-order valence-electron chi connectivity index (χ0n) is 15.5. The number of aryl methyl sites for hydroxylation is 2. The highest BCUT2D eigenvalue weighted by Crippen LogP contribution is 2.34. The molecule has 0 radical (unpaired) electrons. The molecule has 4 heteroatoms. The van der Waals surface area contributed by atoms with Gasteiger partial charge in [0.2, 0.25) is 16.9 Å². The zero-order chi connectivity index (χ0) is 18.1. The molecule has 0 saturated carbocycles. The Labute approximate surface area is 158 Å². The van der Waals surface area contributed by atoms with Crippen LogP contribution in [0.3, 0.4) is 0 Å². The number of hydrogen-bond acceptors (Lipinski definition) is 3. The highest BCUT2D eigenvalue weighted by Gasteiger charge is 2.28. The van der Waals surface area contributed by atoms with Crippen molar-refractivity contribution in [2.24, 2.45) is 0 Å². The third-order valence-corrected chi connectivity index (χ3v) is 6.16. The van der Waals surface area contributed by atoms with Gasteiger partial charge in [-0.05, 0) is 49.9 Å². The van der Waals surface area contributed by atoms with Gasteiger partial charge in [0.1, 0.15) is 11.5 Å². The zero-order valence-corrected chi connectivity index (χ0v) is 16.4. The van der Waals surface area contributed by atoms with Crippen LogP contribution < -0.4 is 14.0 Å². The van der Waals surface area contributed by atoms with Gasteiger partial charge in [-0.2, -0.15) is 4.57 Å². The van der Waals surface area contributed by atoms with Crippen LogP contribution in [-0.2, 0) is 12.8 Å². The lowest BCUT2D eigenvalue weighted by atomic mass is 9.98. The summed E-state index contributed by atoms with van der Waals surface area (Å²) in [6.07, 6.45) is 4.95. The average molecular weight is 367 g/mol. The Morgan fingerprint density at radius 2 is 1.69 bits per heavy atom.